The van der Waals surface area contributed by atoms with Crippen LogP contribution >= 0.6 is 0 Å². The van der Waals surface area contributed by atoms with Crippen molar-refractivity contribution in [1.82, 2.24) is 19.6 Å². The molecule has 1 saturated heterocycles. The third-order valence-corrected chi connectivity index (χ3v) is 4.39. The second kappa shape index (κ2) is 6.47. The van der Waals surface area contributed by atoms with E-state index in [0.29, 0.717) is 12.4 Å². The standard InChI is InChI=1S/C11H20N4O3S/c1-10-12-9-11(14-10)19(16,17)13-3-2-4-15-5-7-18-8-6-15/h9,13H,2-8H2,1H3,(H,12,14). The van der Waals surface area contributed by atoms with Crippen LogP contribution < -0.4 is 4.72 Å². The number of rotatable bonds is 6. The Bertz CT molecular complexity index is 494. The molecule has 1 aromatic heterocycles. The van der Waals surface area contributed by atoms with Crippen molar-refractivity contribution in [3.8, 4) is 0 Å². The van der Waals surface area contributed by atoms with Crippen molar-refractivity contribution in [2.75, 3.05) is 39.4 Å². The average molecular weight is 288 g/mol. The van der Waals surface area contributed by atoms with Crippen LogP contribution in [0.2, 0.25) is 0 Å². The van der Waals surface area contributed by atoms with Gasteiger partial charge in [-0.2, -0.15) is 0 Å². The molecule has 7 nitrogen and oxygen atoms in total. The Morgan fingerprint density at radius 2 is 2.21 bits per heavy atom. The molecule has 0 atom stereocenters. The lowest BCUT2D eigenvalue weighted by Gasteiger charge is -2.26. The molecule has 108 valence electrons. The van der Waals surface area contributed by atoms with Gasteiger partial charge < -0.3 is 9.72 Å². The third kappa shape index (κ3) is 4.27. The first kappa shape index (κ1) is 14.4. The maximum absolute atomic E-state index is 11.9. The number of ether oxygens (including phenoxy) is 1. The highest BCUT2D eigenvalue weighted by molar-refractivity contribution is 7.89. The maximum Gasteiger partial charge on any atom is 0.257 e. The fourth-order valence-electron chi connectivity index (χ4n) is 1.95. The van der Waals surface area contributed by atoms with Gasteiger partial charge in [0.2, 0.25) is 0 Å². The Morgan fingerprint density at radius 3 is 2.84 bits per heavy atom. The van der Waals surface area contributed by atoms with Gasteiger partial charge in [-0.25, -0.2) is 18.1 Å². The molecule has 8 heteroatoms. The fraction of sp³-hybridized carbons (Fsp3) is 0.727. The minimum Gasteiger partial charge on any atom is -0.379 e. The van der Waals surface area contributed by atoms with Gasteiger partial charge in [-0.3, -0.25) is 4.90 Å². The first-order chi connectivity index (χ1) is 9.08. The Balaban J connectivity index is 1.72. The van der Waals surface area contributed by atoms with E-state index >= 15 is 0 Å². The number of nitrogens with zero attached hydrogens (tertiary/aromatic N) is 2. The highest BCUT2D eigenvalue weighted by Crippen LogP contribution is 2.04. The summed E-state index contributed by atoms with van der Waals surface area (Å²) in [5, 5.41) is 0.122. The highest BCUT2D eigenvalue weighted by Gasteiger charge is 2.16. The largest absolute Gasteiger partial charge is 0.379 e. The molecule has 2 rings (SSSR count). The van der Waals surface area contributed by atoms with E-state index in [4.69, 9.17) is 4.74 Å². The van der Waals surface area contributed by atoms with Gasteiger partial charge in [0.25, 0.3) is 10.0 Å². The molecule has 0 spiro atoms. The van der Waals surface area contributed by atoms with E-state index in [0.717, 1.165) is 39.3 Å². The summed E-state index contributed by atoms with van der Waals surface area (Å²) in [6, 6.07) is 0. The lowest BCUT2D eigenvalue weighted by atomic mass is 10.3. The quantitative estimate of drug-likeness (QED) is 0.703. The van der Waals surface area contributed by atoms with Crippen molar-refractivity contribution in [2.45, 2.75) is 18.4 Å². The molecular formula is C11H20N4O3S. The van der Waals surface area contributed by atoms with E-state index in [-0.39, 0.29) is 5.03 Å². The molecule has 2 N–H and O–H groups in total. The normalized spacial score (nSPS) is 17.7. The van der Waals surface area contributed by atoms with Crippen molar-refractivity contribution in [3.63, 3.8) is 0 Å². The van der Waals surface area contributed by atoms with Gasteiger partial charge >= 0.3 is 0 Å². The molecule has 0 amide bonds. The van der Waals surface area contributed by atoms with Crippen molar-refractivity contribution >= 4 is 10.0 Å². The number of morpholine rings is 1. The summed E-state index contributed by atoms with van der Waals surface area (Å²) in [6.45, 7) is 6.40. The molecule has 0 radical (unpaired) electrons. The number of aryl methyl sites for hydroxylation is 1. The van der Waals surface area contributed by atoms with E-state index in [1.54, 1.807) is 6.92 Å². The molecule has 0 bridgehead atoms. The molecule has 1 fully saturated rings. The van der Waals surface area contributed by atoms with Crippen LogP contribution in [0.1, 0.15) is 12.2 Å². The van der Waals surface area contributed by atoms with Crippen LogP contribution in [0.4, 0.5) is 0 Å². The molecule has 0 unspecified atom stereocenters. The van der Waals surface area contributed by atoms with Gasteiger partial charge in [0.15, 0.2) is 5.03 Å². The minimum atomic E-state index is -3.45. The van der Waals surface area contributed by atoms with E-state index in [2.05, 4.69) is 19.6 Å². The fourth-order valence-corrected chi connectivity index (χ4v) is 2.99. The Morgan fingerprint density at radius 1 is 1.47 bits per heavy atom. The van der Waals surface area contributed by atoms with Gasteiger partial charge in [0, 0.05) is 19.6 Å². The number of sulfonamides is 1. The molecule has 1 aliphatic rings. The van der Waals surface area contributed by atoms with E-state index in [1.807, 2.05) is 0 Å². The summed E-state index contributed by atoms with van der Waals surface area (Å²) in [7, 11) is -3.45. The summed E-state index contributed by atoms with van der Waals surface area (Å²) in [5.74, 6) is 0.591. The Hall–Kier alpha value is -0.960. The Kier molecular flexibility index (Phi) is 4.92. The number of nitrogens with one attached hydrogen (secondary N) is 2. The van der Waals surface area contributed by atoms with Crippen LogP contribution in [-0.4, -0.2) is 62.7 Å². The van der Waals surface area contributed by atoms with Crippen molar-refractivity contribution < 1.29 is 13.2 Å². The number of H-pyrrole nitrogens is 1. The molecule has 1 aliphatic heterocycles. The summed E-state index contributed by atoms with van der Waals surface area (Å²) < 4.78 is 31.6. The Labute approximate surface area is 113 Å². The molecular weight excluding hydrogens is 268 g/mol. The molecule has 2 heterocycles. The minimum absolute atomic E-state index is 0.122. The van der Waals surface area contributed by atoms with Gasteiger partial charge in [-0.1, -0.05) is 0 Å². The van der Waals surface area contributed by atoms with Crippen LogP contribution in [0.25, 0.3) is 0 Å². The van der Waals surface area contributed by atoms with E-state index < -0.39 is 10.0 Å². The number of imidazole rings is 1. The molecule has 0 aliphatic carbocycles. The molecule has 0 saturated carbocycles. The van der Waals surface area contributed by atoms with Crippen molar-refractivity contribution in [2.24, 2.45) is 0 Å². The first-order valence-electron chi connectivity index (χ1n) is 6.39. The van der Waals surface area contributed by atoms with Crippen molar-refractivity contribution in [1.29, 1.82) is 0 Å². The smallest absolute Gasteiger partial charge is 0.257 e. The van der Waals surface area contributed by atoms with Crippen molar-refractivity contribution in [3.05, 3.63) is 12.0 Å². The van der Waals surface area contributed by atoms with Gasteiger partial charge in [0.05, 0.1) is 19.4 Å². The maximum atomic E-state index is 11.9. The van der Waals surface area contributed by atoms with Gasteiger partial charge in [-0.05, 0) is 19.9 Å². The molecule has 19 heavy (non-hydrogen) atoms. The molecule has 1 aromatic rings. The third-order valence-electron chi connectivity index (χ3n) is 3.02. The van der Waals surface area contributed by atoms with Crippen LogP contribution in [-0.2, 0) is 14.8 Å². The zero-order valence-corrected chi connectivity index (χ0v) is 11.9. The van der Waals surface area contributed by atoms with Crippen LogP contribution in [0.5, 0.6) is 0 Å². The van der Waals surface area contributed by atoms with Crippen LogP contribution in [0, 0.1) is 6.92 Å². The predicted octanol–water partition coefficient (Wildman–Crippen LogP) is -0.281. The van der Waals surface area contributed by atoms with Crippen LogP contribution in [0.3, 0.4) is 0 Å². The van der Waals surface area contributed by atoms with Gasteiger partial charge in [0.1, 0.15) is 5.82 Å². The monoisotopic (exact) mass is 288 g/mol. The number of aromatic amines is 1. The predicted molar refractivity (Wildman–Crippen MR) is 70.4 cm³/mol. The zero-order chi connectivity index (χ0) is 13.7. The number of hydrogen-bond donors (Lipinski definition) is 2. The van der Waals surface area contributed by atoms with E-state index in [9.17, 15) is 8.42 Å². The van der Waals surface area contributed by atoms with Crippen LogP contribution in [0.15, 0.2) is 11.2 Å². The average Bonchev–Trinajstić information content (AvgIpc) is 2.84. The van der Waals surface area contributed by atoms with Gasteiger partial charge in [-0.15, -0.1) is 0 Å². The lowest BCUT2D eigenvalue weighted by molar-refractivity contribution is 0.0376. The SMILES string of the molecule is Cc1ncc(S(=O)(=O)NCCCN2CCOCC2)[nH]1. The topological polar surface area (TPSA) is 87.3 Å². The highest BCUT2D eigenvalue weighted by atomic mass is 32.2. The second-order valence-electron chi connectivity index (χ2n) is 4.54. The summed E-state index contributed by atoms with van der Waals surface area (Å²) in [4.78, 5) is 8.88. The number of aromatic nitrogens is 2. The summed E-state index contributed by atoms with van der Waals surface area (Å²) >= 11 is 0. The lowest BCUT2D eigenvalue weighted by Crippen LogP contribution is -2.38. The summed E-state index contributed by atoms with van der Waals surface area (Å²) in [6.07, 6.45) is 2.12. The summed E-state index contributed by atoms with van der Waals surface area (Å²) in [5.41, 5.74) is 0. The second-order valence-corrected chi connectivity index (χ2v) is 6.27. The molecule has 0 aromatic carbocycles. The first-order valence-corrected chi connectivity index (χ1v) is 7.87. The number of hydrogen-bond acceptors (Lipinski definition) is 5. The zero-order valence-electron chi connectivity index (χ0n) is 11.1. The van der Waals surface area contributed by atoms with E-state index in [1.165, 1.54) is 6.20 Å².